The van der Waals surface area contributed by atoms with Gasteiger partial charge in [0.05, 0.1) is 17.7 Å². The molecule has 2 N–H and O–H groups in total. The number of aromatic amines is 1. The highest BCUT2D eigenvalue weighted by atomic mass is 16.4. The zero-order valence-electron chi connectivity index (χ0n) is 13.9. The molecule has 3 aromatic rings. The molecule has 0 bridgehead atoms. The van der Waals surface area contributed by atoms with E-state index in [0.717, 1.165) is 34.0 Å². The average Bonchev–Trinajstić information content (AvgIpc) is 3.23. The van der Waals surface area contributed by atoms with E-state index < -0.39 is 12.0 Å². The van der Waals surface area contributed by atoms with Crippen LogP contribution in [0.4, 0.5) is 0 Å². The third-order valence-corrected chi connectivity index (χ3v) is 4.65. The molecule has 0 saturated heterocycles. The van der Waals surface area contributed by atoms with E-state index in [2.05, 4.69) is 9.97 Å². The van der Waals surface area contributed by atoms with E-state index in [-0.39, 0.29) is 0 Å². The monoisotopic (exact) mass is 337 g/mol. The lowest BCUT2D eigenvalue weighted by Crippen LogP contribution is -2.45. The fourth-order valence-electron chi connectivity index (χ4n) is 3.30. The van der Waals surface area contributed by atoms with Crippen LogP contribution in [0, 0.1) is 6.92 Å². The van der Waals surface area contributed by atoms with Crippen molar-refractivity contribution in [1.82, 2.24) is 14.9 Å². The number of furan rings is 1. The summed E-state index contributed by atoms with van der Waals surface area (Å²) in [6.07, 6.45) is 2.06. The summed E-state index contributed by atoms with van der Waals surface area (Å²) >= 11 is 0. The SMILES string of the molecule is Cc1ccc(-c2ccc(CN3Cc4[nH]cnc4CC3C(=O)O)cc2)o1. The number of carbonyl (C=O) groups is 1. The van der Waals surface area contributed by atoms with E-state index in [9.17, 15) is 9.90 Å². The van der Waals surface area contributed by atoms with Crippen molar-refractivity contribution in [2.24, 2.45) is 0 Å². The van der Waals surface area contributed by atoms with E-state index >= 15 is 0 Å². The number of imidazole rings is 1. The quantitative estimate of drug-likeness (QED) is 0.765. The van der Waals surface area contributed by atoms with E-state index in [0.29, 0.717) is 19.5 Å². The summed E-state index contributed by atoms with van der Waals surface area (Å²) in [6, 6.07) is 11.4. The molecule has 0 aliphatic carbocycles. The Balaban J connectivity index is 1.53. The highest BCUT2D eigenvalue weighted by molar-refractivity contribution is 5.74. The summed E-state index contributed by atoms with van der Waals surface area (Å²) in [6.45, 7) is 3.06. The number of fused-ring (bicyclic) bond motifs is 1. The van der Waals surface area contributed by atoms with Crippen molar-refractivity contribution in [2.45, 2.75) is 32.5 Å². The fourth-order valence-corrected chi connectivity index (χ4v) is 3.30. The second kappa shape index (κ2) is 6.22. The Morgan fingerprint density at radius 2 is 2.12 bits per heavy atom. The number of carboxylic acids is 1. The predicted molar refractivity (Wildman–Crippen MR) is 91.8 cm³/mol. The topological polar surface area (TPSA) is 82.4 Å². The highest BCUT2D eigenvalue weighted by Gasteiger charge is 2.32. The molecule has 0 spiro atoms. The van der Waals surface area contributed by atoms with Gasteiger partial charge in [-0.15, -0.1) is 0 Å². The molecule has 3 heterocycles. The lowest BCUT2D eigenvalue weighted by Gasteiger charge is -2.32. The minimum absolute atomic E-state index is 0.428. The van der Waals surface area contributed by atoms with Crippen molar-refractivity contribution < 1.29 is 14.3 Å². The largest absolute Gasteiger partial charge is 0.480 e. The standard InChI is InChI=1S/C19H19N3O3/c1-12-2-7-18(25-12)14-5-3-13(4-6-14)9-22-10-16-15(20-11-21-16)8-17(22)19(23)24/h2-7,11,17H,8-10H2,1H3,(H,20,21)(H,23,24). The number of nitrogens with zero attached hydrogens (tertiary/aromatic N) is 2. The Morgan fingerprint density at radius 3 is 2.80 bits per heavy atom. The molecule has 1 aliphatic rings. The Labute approximate surface area is 145 Å². The number of aliphatic carboxylic acids is 1. The first kappa shape index (κ1) is 15.7. The lowest BCUT2D eigenvalue weighted by atomic mass is 10.0. The molecule has 25 heavy (non-hydrogen) atoms. The smallest absolute Gasteiger partial charge is 0.321 e. The Hall–Kier alpha value is -2.86. The number of aryl methyl sites for hydroxylation is 1. The zero-order chi connectivity index (χ0) is 17.4. The number of hydrogen-bond donors (Lipinski definition) is 2. The molecule has 1 atom stereocenters. The van der Waals surface area contributed by atoms with Gasteiger partial charge in [-0.3, -0.25) is 9.69 Å². The van der Waals surface area contributed by atoms with Crippen LogP contribution in [0.2, 0.25) is 0 Å². The number of rotatable bonds is 4. The molecule has 0 radical (unpaired) electrons. The molecular formula is C19H19N3O3. The van der Waals surface area contributed by atoms with Gasteiger partial charge in [0, 0.05) is 25.1 Å². The van der Waals surface area contributed by atoms with Gasteiger partial charge in [0.15, 0.2) is 0 Å². The van der Waals surface area contributed by atoms with E-state index in [1.165, 1.54) is 0 Å². The first-order valence-electron chi connectivity index (χ1n) is 8.24. The zero-order valence-corrected chi connectivity index (χ0v) is 13.9. The van der Waals surface area contributed by atoms with Crippen LogP contribution in [-0.4, -0.2) is 32.0 Å². The van der Waals surface area contributed by atoms with Crippen LogP contribution in [0.3, 0.4) is 0 Å². The molecule has 1 aromatic carbocycles. The number of H-pyrrole nitrogens is 1. The second-order valence-electron chi connectivity index (χ2n) is 6.40. The number of benzene rings is 1. The van der Waals surface area contributed by atoms with Crippen LogP contribution < -0.4 is 0 Å². The summed E-state index contributed by atoms with van der Waals surface area (Å²) in [5.74, 6) is 0.913. The maximum Gasteiger partial charge on any atom is 0.321 e. The van der Waals surface area contributed by atoms with Crippen molar-refractivity contribution in [3.8, 4) is 11.3 Å². The van der Waals surface area contributed by atoms with Gasteiger partial charge < -0.3 is 14.5 Å². The van der Waals surface area contributed by atoms with Crippen molar-refractivity contribution >= 4 is 5.97 Å². The molecule has 6 nitrogen and oxygen atoms in total. The first-order chi connectivity index (χ1) is 12.1. The van der Waals surface area contributed by atoms with Crippen LogP contribution >= 0.6 is 0 Å². The second-order valence-corrected chi connectivity index (χ2v) is 6.40. The van der Waals surface area contributed by atoms with Crippen LogP contribution in [0.25, 0.3) is 11.3 Å². The first-order valence-corrected chi connectivity index (χ1v) is 8.24. The van der Waals surface area contributed by atoms with Gasteiger partial charge in [0.1, 0.15) is 17.6 Å². The van der Waals surface area contributed by atoms with Crippen molar-refractivity contribution in [2.75, 3.05) is 0 Å². The van der Waals surface area contributed by atoms with Gasteiger partial charge in [-0.05, 0) is 24.6 Å². The Kier molecular flexibility index (Phi) is 3.89. The lowest BCUT2D eigenvalue weighted by molar-refractivity contribution is -0.144. The maximum atomic E-state index is 11.6. The molecular weight excluding hydrogens is 318 g/mol. The summed E-state index contributed by atoms with van der Waals surface area (Å²) in [4.78, 5) is 20.9. The van der Waals surface area contributed by atoms with Gasteiger partial charge in [-0.2, -0.15) is 0 Å². The summed E-state index contributed by atoms with van der Waals surface area (Å²) in [5, 5.41) is 9.55. The summed E-state index contributed by atoms with van der Waals surface area (Å²) in [5.41, 5.74) is 3.94. The van der Waals surface area contributed by atoms with Crippen molar-refractivity contribution in [1.29, 1.82) is 0 Å². The summed E-state index contributed by atoms with van der Waals surface area (Å²) < 4.78 is 5.64. The number of carboxylic acid groups (broad SMARTS) is 1. The van der Waals surface area contributed by atoms with Gasteiger partial charge in [-0.25, -0.2) is 4.98 Å². The van der Waals surface area contributed by atoms with Crippen LogP contribution in [0.15, 0.2) is 47.1 Å². The number of hydrogen-bond acceptors (Lipinski definition) is 4. The molecule has 0 saturated carbocycles. The highest BCUT2D eigenvalue weighted by Crippen LogP contribution is 2.25. The van der Waals surface area contributed by atoms with Crippen molar-refractivity contribution in [3.05, 3.63) is 65.4 Å². The normalized spacial score (nSPS) is 17.4. The predicted octanol–water partition coefficient (Wildman–Crippen LogP) is 2.99. The third-order valence-electron chi connectivity index (χ3n) is 4.65. The summed E-state index contributed by atoms with van der Waals surface area (Å²) in [7, 11) is 0. The minimum Gasteiger partial charge on any atom is -0.480 e. The van der Waals surface area contributed by atoms with E-state index in [1.54, 1.807) is 6.33 Å². The molecule has 0 fully saturated rings. The van der Waals surface area contributed by atoms with E-state index in [1.807, 2.05) is 48.2 Å². The third kappa shape index (κ3) is 3.08. The minimum atomic E-state index is -0.809. The van der Waals surface area contributed by atoms with Crippen LogP contribution in [-0.2, 0) is 24.3 Å². The van der Waals surface area contributed by atoms with Gasteiger partial charge in [0.2, 0.25) is 0 Å². The van der Waals surface area contributed by atoms with Crippen molar-refractivity contribution in [3.63, 3.8) is 0 Å². The molecule has 2 aromatic heterocycles. The number of nitrogens with one attached hydrogen (secondary N) is 1. The fraction of sp³-hybridized carbons (Fsp3) is 0.263. The maximum absolute atomic E-state index is 11.6. The number of aromatic nitrogens is 2. The van der Waals surface area contributed by atoms with Gasteiger partial charge >= 0.3 is 5.97 Å². The van der Waals surface area contributed by atoms with Crippen LogP contribution in [0.5, 0.6) is 0 Å². The molecule has 1 aliphatic heterocycles. The van der Waals surface area contributed by atoms with Gasteiger partial charge in [0.25, 0.3) is 0 Å². The molecule has 128 valence electrons. The molecule has 6 heteroatoms. The van der Waals surface area contributed by atoms with Gasteiger partial charge in [-0.1, -0.05) is 24.3 Å². The molecule has 1 unspecified atom stereocenters. The van der Waals surface area contributed by atoms with E-state index in [4.69, 9.17) is 4.42 Å². The van der Waals surface area contributed by atoms with Crippen LogP contribution in [0.1, 0.15) is 22.7 Å². The molecule has 0 amide bonds. The Morgan fingerprint density at radius 1 is 1.32 bits per heavy atom. The molecule has 4 rings (SSSR count). The Bertz CT molecular complexity index is 895. The average molecular weight is 337 g/mol.